The minimum absolute atomic E-state index is 0.155. The van der Waals surface area contributed by atoms with Crippen molar-refractivity contribution >= 4 is 16.9 Å². The second-order valence-electron chi connectivity index (χ2n) is 5.15. The first-order valence-electron chi connectivity index (χ1n) is 6.63. The Kier molecular flexibility index (Phi) is 3.21. The lowest BCUT2D eigenvalue weighted by atomic mass is 10.1. The number of carbonyl (C=O) groups excluding carboxylic acids is 1. The average Bonchev–Trinajstić information content (AvgIpc) is 3.03. The van der Waals surface area contributed by atoms with Crippen LogP contribution in [-0.4, -0.2) is 33.6 Å². The Morgan fingerprint density at radius 2 is 2.32 bits per heavy atom. The fourth-order valence-corrected chi connectivity index (χ4v) is 2.62. The standard InChI is InChI=1S/C14H17N3O2/c18-11-3-1-9(7-11)8-16-14(19)12-4-2-10-5-6-15-13(10)17-12/h2,4-6,9,11,18H,1,3,7-8H2,(H,15,17)(H,16,19). The molecule has 0 bridgehead atoms. The number of amides is 1. The second-order valence-corrected chi connectivity index (χ2v) is 5.15. The molecule has 5 heteroatoms. The number of nitrogens with zero attached hydrogens (tertiary/aromatic N) is 1. The lowest BCUT2D eigenvalue weighted by Gasteiger charge is -2.10. The average molecular weight is 259 g/mol. The maximum absolute atomic E-state index is 12.0. The third-order valence-electron chi connectivity index (χ3n) is 3.71. The molecule has 2 atom stereocenters. The zero-order valence-electron chi connectivity index (χ0n) is 10.6. The molecule has 3 N–H and O–H groups in total. The second kappa shape index (κ2) is 5.01. The van der Waals surface area contributed by atoms with Crippen molar-refractivity contribution in [1.29, 1.82) is 0 Å². The minimum Gasteiger partial charge on any atom is -0.393 e. The fraction of sp³-hybridized carbons (Fsp3) is 0.429. The van der Waals surface area contributed by atoms with Crippen LogP contribution in [0.1, 0.15) is 29.8 Å². The van der Waals surface area contributed by atoms with Crippen LogP contribution >= 0.6 is 0 Å². The third kappa shape index (κ3) is 2.61. The van der Waals surface area contributed by atoms with Gasteiger partial charge in [-0.1, -0.05) is 0 Å². The number of aromatic amines is 1. The van der Waals surface area contributed by atoms with Gasteiger partial charge in [0.2, 0.25) is 0 Å². The number of carbonyl (C=O) groups is 1. The van der Waals surface area contributed by atoms with Gasteiger partial charge < -0.3 is 15.4 Å². The Hall–Kier alpha value is -1.88. The number of rotatable bonds is 3. The van der Waals surface area contributed by atoms with Crippen LogP contribution in [0.4, 0.5) is 0 Å². The number of pyridine rings is 1. The van der Waals surface area contributed by atoms with E-state index in [0.29, 0.717) is 18.2 Å². The van der Waals surface area contributed by atoms with Crippen LogP contribution < -0.4 is 5.32 Å². The van der Waals surface area contributed by atoms with E-state index in [9.17, 15) is 9.90 Å². The molecule has 0 aromatic carbocycles. The highest BCUT2D eigenvalue weighted by atomic mass is 16.3. The van der Waals surface area contributed by atoms with E-state index in [0.717, 1.165) is 30.3 Å². The van der Waals surface area contributed by atoms with Crippen LogP contribution in [0.5, 0.6) is 0 Å². The van der Waals surface area contributed by atoms with Crippen molar-refractivity contribution in [3.8, 4) is 0 Å². The lowest BCUT2D eigenvalue weighted by Crippen LogP contribution is -2.29. The van der Waals surface area contributed by atoms with Gasteiger partial charge in [0, 0.05) is 18.1 Å². The predicted octanol–water partition coefficient (Wildman–Crippen LogP) is 1.45. The van der Waals surface area contributed by atoms with Gasteiger partial charge in [-0.3, -0.25) is 4.79 Å². The lowest BCUT2D eigenvalue weighted by molar-refractivity contribution is 0.0940. The molecule has 1 fully saturated rings. The molecule has 100 valence electrons. The third-order valence-corrected chi connectivity index (χ3v) is 3.71. The van der Waals surface area contributed by atoms with E-state index in [2.05, 4.69) is 15.3 Å². The summed E-state index contributed by atoms with van der Waals surface area (Å²) >= 11 is 0. The summed E-state index contributed by atoms with van der Waals surface area (Å²) in [5, 5.41) is 13.3. The smallest absolute Gasteiger partial charge is 0.269 e. The molecule has 0 spiro atoms. The first-order chi connectivity index (χ1) is 9.22. The zero-order valence-corrected chi connectivity index (χ0v) is 10.6. The number of aromatic nitrogens is 2. The molecular formula is C14H17N3O2. The van der Waals surface area contributed by atoms with Gasteiger partial charge in [0.15, 0.2) is 0 Å². The summed E-state index contributed by atoms with van der Waals surface area (Å²) in [4.78, 5) is 19.3. The predicted molar refractivity (Wildman–Crippen MR) is 71.8 cm³/mol. The Balaban J connectivity index is 1.63. The van der Waals surface area contributed by atoms with Crippen molar-refractivity contribution in [2.75, 3.05) is 6.54 Å². The van der Waals surface area contributed by atoms with Crippen molar-refractivity contribution in [3.63, 3.8) is 0 Å². The molecule has 0 aliphatic heterocycles. The highest BCUT2D eigenvalue weighted by Gasteiger charge is 2.23. The van der Waals surface area contributed by atoms with Crippen molar-refractivity contribution in [2.45, 2.75) is 25.4 Å². The van der Waals surface area contributed by atoms with E-state index in [1.165, 1.54) is 0 Å². The first kappa shape index (κ1) is 12.2. The summed E-state index contributed by atoms with van der Waals surface area (Å²) in [6, 6.07) is 5.53. The molecule has 2 aromatic heterocycles. The Bertz CT molecular complexity index is 593. The SMILES string of the molecule is O=C(NCC1CCC(O)C1)c1ccc2cc[nH]c2n1. The van der Waals surface area contributed by atoms with Crippen molar-refractivity contribution in [3.05, 3.63) is 30.1 Å². The quantitative estimate of drug-likeness (QED) is 0.780. The van der Waals surface area contributed by atoms with E-state index in [1.54, 1.807) is 12.3 Å². The Morgan fingerprint density at radius 3 is 3.11 bits per heavy atom. The summed E-state index contributed by atoms with van der Waals surface area (Å²) in [5.74, 6) is 0.228. The monoisotopic (exact) mass is 259 g/mol. The summed E-state index contributed by atoms with van der Waals surface area (Å²) in [7, 11) is 0. The van der Waals surface area contributed by atoms with E-state index >= 15 is 0 Å². The maximum atomic E-state index is 12.0. The molecule has 2 aromatic rings. The number of hydrogen-bond donors (Lipinski definition) is 3. The van der Waals surface area contributed by atoms with Crippen LogP contribution in [-0.2, 0) is 0 Å². The molecule has 0 radical (unpaired) electrons. The van der Waals surface area contributed by atoms with Gasteiger partial charge in [-0.2, -0.15) is 0 Å². The van der Waals surface area contributed by atoms with Crippen molar-refractivity contribution < 1.29 is 9.90 Å². The molecule has 5 nitrogen and oxygen atoms in total. The van der Waals surface area contributed by atoms with Gasteiger partial charge in [0.05, 0.1) is 6.10 Å². The molecule has 0 saturated heterocycles. The van der Waals surface area contributed by atoms with Crippen molar-refractivity contribution in [1.82, 2.24) is 15.3 Å². The van der Waals surface area contributed by atoms with Crippen LogP contribution in [0, 0.1) is 5.92 Å². The van der Waals surface area contributed by atoms with Crippen molar-refractivity contribution in [2.24, 2.45) is 5.92 Å². The molecule has 2 unspecified atom stereocenters. The van der Waals surface area contributed by atoms with E-state index < -0.39 is 0 Å². The molecular weight excluding hydrogens is 242 g/mol. The van der Waals surface area contributed by atoms with Crippen LogP contribution in [0.3, 0.4) is 0 Å². The number of hydrogen-bond acceptors (Lipinski definition) is 3. The topological polar surface area (TPSA) is 78.0 Å². The molecule has 3 rings (SSSR count). The first-order valence-corrected chi connectivity index (χ1v) is 6.63. The van der Waals surface area contributed by atoms with Gasteiger partial charge in [-0.25, -0.2) is 4.98 Å². The van der Waals surface area contributed by atoms with Crippen LogP contribution in [0.2, 0.25) is 0 Å². The van der Waals surface area contributed by atoms with Gasteiger partial charge in [-0.15, -0.1) is 0 Å². The van der Waals surface area contributed by atoms with Crippen LogP contribution in [0.25, 0.3) is 11.0 Å². The highest BCUT2D eigenvalue weighted by molar-refractivity contribution is 5.94. The summed E-state index contributed by atoms with van der Waals surface area (Å²) < 4.78 is 0. The van der Waals surface area contributed by atoms with Crippen LogP contribution in [0.15, 0.2) is 24.4 Å². The van der Waals surface area contributed by atoms with Gasteiger partial charge in [0.1, 0.15) is 11.3 Å². The molecule has 2 heterocycles. The summed E-state index contributed by atoms with van der Waals surface area (Å²) in [5.41, 5.74) is 1.15. The summed E-state index contributed by atoms with van der Waals surface area (Å²) in [6.07, 6.45) is 4.20. The Morgan fingerprint density at radius 1 is 1.42 bits per heavy atom. The zero-order chi connectivity index (χ0) is 13.2. The van der Waals surface area contributed by atoms with Gasteiger partial charge >= 0.3 is 0 Å². The number of fused-ring (bicyclic) bond motifs is 1. The van der Waals surface area contributed by atoms with E-state index in [-0.39, 0.29) is 12.0 Å². The molecule has 1 aliphatic rings. The fourth-order valence-electron chi connectivity index (χ4n) is 2.62. The molecule has 1 aliphatic carbocycles. The summed E-state index contributed by atoms with van der Waals surface area (Å²) in [6.45, 7) is 0.611. The largest absolute Gasteiger partial charge is 0.393 e. The Labute approximate surface area is 111 Å². The van der Waals surface area contributed by atoms with Gasteiger partial charge in [0.25, 0.3) is 5.91 Å². The number of nitrogens with one attached hydrogen (secondary N) is 2. The number of aliphatic hydroxyl groups is 1. The van der Waals surface area contributed by atoms with E-state index in [1.807, 2.05) is 12.1 Å². The van der Waals surface area contributed by atoms with Gasteiger partial charge in [-0.05, 0) is 43.4 Å². The maximum Gasteiger partial charge on any atom is 0.269 e. The normalized spacial score (nSPS) is 22.8. The molecule has 1 saturated carbocycles. The highest BCUT2D eigenvalue weighted by Crippen LogP contribution is 2.24. The number of H-pyrrole nitrogens is 1. The molecule has 19 heavy (non-hydrogen) atoms. The molecule has 1 amide bonds. The number of aliphatic hydroxyl groups excluding tert-OH is 1. The minimum atomic E-state index is -0.199. The van der Waals surface area contributed by atoms with E-state index in [4.69, 9.17) is 0 Å².